The molecule has 12 nitrogen and oxygen atoms in total. The zero-order valence-corrected chi connectivity index (χ0v) is 23.3. The number of hydrogen-bond acceptors (Lipinski definition) is 8. The van der Waals surface area contributed by atoms with Crippen LogP contribution in [0.2, 0.25) is 0 Å². The first-order valence-corrected chi connectivity index (χ1v) is 13.8. The Kier molecular flexibility index (Phi) is 8.79. The maximum absolute atomic E-state index is 14.3. The van der Waals surface area contributed by atoms with Crippen molar-refractivity contribution in [1.29, 1.82) is 0 Å². The van der Waals surface area contributed by atoms with Gasteiger partial charge >= 0.3 is 5.97 Å². The molecule has 0 saturated carbocycles. The van der Waals surface area contributed by atoms with Crippen molar-refractivity contribution >= 4 is 23.7 Å². The van der Waals surface area contributed by atoms with Crippen LogP contribution in [0.5, 0.6) is 5.75 Å². The summed E-state index contributed by atoms with van der Waals surface area (Å²) in [5.41, 5.74) is 4.63. The van der Waals surface area contributed by atoms with Gasteiger partial charge in [0, 0.05) is 19.5 Å². The van der Waals surface area contributed by atoms with E-state index in [0.717, 1.165) is 5.56 Å². The number of carboxylic acids is 1. The number of hydrazine groups is 1. The van der Waals surface area contributed by atoms with Crippen molar-refractivity contribution in [3.8, 4) is 5.75 Å². The largest absolute Gasteiger partial charge is 0.508 e. The first-order chi connectivity index (χ1) is 20.7. The summed E-state index contributed by atoms with van der Waals surface area (Å²) >= 11 is 0. The maximum atomic E-state index is 14.3. The quantitative estimate of drug-likeness (QED) is 0.259. The fourth-order valence-electron chi connectivity index (χ4n) is 5.43. The van der Waals surface area contributed by atoms with E-state index < -0.39 is 36.0 Å². The summed E-state index contributed by atoms with van der Waals surface area (Å²) in [6, 6.07) is 17.6. The number of amides is 3. The second kappa shape index (κ2) is 12.8. The molecule has 3 unspecified atom stereocenters. The van der Waals surface area contributed by atoms with E-state index in [0.29, 0.717) is 12.1 Å². The second-order valence-corrected chi connectivity index (χ2v) is 10.4. The van der Waals surface area contributed by atoms with Crippen LogP contribution in [0.1, 0.15) is 33.4 Å². The molecule has 2 saturated heterocycles. The minimum Gasteiger partial charge on any atom is -0.508 e. The van der Waals surface area contributed by atoms with E-state index >= 15 is 0 Å². The number of nitrogens with zero attached hydrogens (tertiary/aromatic N) is 4. The van der Waals surface area contributed by atoms with Crippen molar-refractivity contribution < 1.29 is 29.4 Å². The van der Waals surface area contributed by atoms with Gasteiger partial charge in [-0.25, -0.2) is 20.2 Å². The Labute approximate surface area is 248 Å². The van der Waals surface area contributed by atoms with Crippen molar-refractivity contribution in [2.24, 2.45) is 0 Å². The van der Waals surface area contributed by atoms with Crippen LogP contribution in [-0.2, 0) is 27.3 Å². The number of pyridine rings is 1. The van der Waals surface area contributed by atoms with Crippen LogP contribution < -0.4 is 10.7 Å². The lowest BCUT2D eigenvalue weighted by Crippen LogP contribution is -2.75. The number of hydrogen-bond donors (Lipinski definition) is 4. The summed E-state index contributed by atoms with van der Waals surface area (Å²) in [7, 11) is 0. The third-order valence-corrected chi connectivity index (χ3v) is 7.41. The van der Waals surface area contributed by atoms with E-state index in [1.807, 2.05) is 30.3 Å². The minimum absolute atomic E-state index is 0.0189. The normalized spacial score (nSPS) is 19.4. The predicted octanol–water partition coefficient (Wildman–Crippen LogP) is 1.46. The molecule has 2 aliphatic heterocycles. The number of aromatic nitrogens is 1. The topological polar surface area (TPSA) is 155 Å². The summed E-state index contributed by atoms with van der Waals surface area (Å²) in [6.45, 7) is 4.25. The van der Waals surface area contributed by atoms with E-state index in [9.17, 15) is 29.4 Å². The minimum atomic E-state index is -1.29. The van der Waals surface area contributed by atoms with Crippen LogP contribution in [0, 0.1) is 0 Å². The Hall–Kier alpha value is -5.07. The fraction of sp³-hybridized carbons (Fsp3) is 0.258. The van der Waals surface area contributed by atoms with E-state index in [2.05, 4.69) is 22.3 Å². The summed E-state index contributed by atoms with van der Waals surface area (Å²) in [4.78, 5) is 60.5. The highest BCUT2D eigenvalue weighted by Gasteiger charge is 2.49. The van der Waals surface area contributed by atoms with Crippen LogP contribution in [0.4, 0.5) is 0 Å². The lowest BCUT2D eigenvalue weighted by molar-refractivity contribution is -0.171. The Morgan fingerprint density at radius 2 is 1.79 bits per heavy atom. The molecular formula is C31H32N6O6. The van der Waals surface area contributed by atoms with Crippen LogP contribution in [0.25, 0.3) is 0 Å². The molecule has 3 aromatic rings. The van der Waals surface area contributed by atoms with Crippen LogP contribution >= 0.6 is 0 Å². The number of aromatic carboxylic acids is 1. The molecule has 3 amide bonds. The van der Waals surface area contributed by atoms with Gasteiger partial charge < -0.3 is 25.3 Å². The Bertz CT molecular complexity index is 1510. The number of aromatic hydroxyl groups is 1. The van der Waals surface area contributed by atoms with Gasteiger partial charge in [-0.2, -0.15) is 0 Å². The number of rotatable bonds is 10. The molecule has 2 fully saturated rings. The first-order valence-electron chi connectivity index (χ1n) is 13.8. The van der Waals surface area contributed by atoms with E-state index in [4.69, 9.17) is 0 Å². The third kappa shape index (κ3) is 6.55. The average molecular weight is 585 g/mol. The Morgan fingerprint density at radius 1 is 1.05 bits per heavy atom. The number of fused-ring (bicyclic) bond motifs is 1. The molecule has 3 atom stereocenters. The van der Waals surface area contributed by atoms with Crippen molar-refractivity contribution in [2.45, 2.75) is 31.2 Å². The number of phenolic OH excluding ortho intramolecular Hbond substituents is 1. The van der Waals surface area contributed by atoms with Crippen molar-refractivity contribution in [3.63, 3.8) is 0 Å². The summed E-state index contributed by atoms with van der Waals surface area (Å²) in [5, 5.41) is 23.9. The highest BCUT2D eigenvalue weighted by molar-refractivity contribution is 5.94. The van der Waals surface area contributed by atoms with E-state index in [1.54, 1.807) is 23.2 Å². The standard InChI is InChI=1S/C31H32N6O6/c1-2-15-35-19-27(39)37-25(16-20-11-13-22(38)14-12-20)30(41)36(18-26(37)34-35)28(23-9-6-10-24(33-23)31(42)43)29(40)32-17-21-7-4-3-5-8-21/h2-14,25-26,28,34,38H,1,15-19H2,(H,32,40)(H,42,43). The zero-order valence-electron chi connectivity index (χ0n) is 23.3. The number of benzene rings is 2. The number of phenols is 1. The highest BCUT2D eigenvalue weighted by Crippen LogP contribution is 2.30. The van der Waals surface area contributed by atoms with Crippen molar-refractivity contribution in [2.75, 3.05) is 19.6 Å². The number of carbonyl (C=O) groups excluding carboxylic acids is 3. The average Bonchev–Trinajstić information content (AvgIpc) is 3.00. The Balaban J connectivity index is 1.54. The molecule has 2 aliphatic rings. The van der Waals surface area contributed by atoms with Crippen LogP contribution in [0.3, 0.4) is 0 Å². The van der Waals surface area contributed by atoms with Gasteiger partial charge in [0.15, 0.2) is 6.04 Å². The van der Waals surface area contributed by atoms with E-state index in [-0.39, 0.29) is 49.1 Å². The third-order valence-electron chi connectivity index (χ3n) is 7.41. The van der Waals surface area contributed by atoms with Crippen molar-refractivity contribution in [1.82, 2.24) is 30.5 Å². The molecule has 5 rings (SSSR count). The molecule has 43 heavy (non-hydrogen) atoms. The SMILES string of the molecule is C=CCN1CC(=O)N2C(CN(C(C(=O)NCc3ccccc3)c3cccc(C(=O)O)n3)C(=O)C2Cc2ccc(O)cc2)N1. The maximum Gasteiger partial charge on any atom is 0.354 e. The molecule has 0 aliphatic carbocycles. The lowest BCUT2D eigenvalue weighted by atomic mass is 9.96. The Morgan fingerprint density at radius 3 is 2.49 bits per heavy atom. The molecule has 12 heteroatoms. The number of carboxylic acid groups (broad SMARTS) is 1. The van der Waals surface area contributed by atoms with Gasteiger partial charge in [-0.15, -0.1) is 6.58 Å². The number of nitrogens with one attached hydrogen (secondary N) is 2. The highest BCUT2D eigenvalue weighted by atomic mass is 16.4. The van der Waals surface area contributed by atoms with Gasteiger partial charge in [-0.05, 0) is 35.4 Å². The van der Waals surface area contributed by atoms with Crippen LogP contribution in [-0.4, -0.2) is 85.5 Å². The van der Waals surface area contributed by atoms with Gasteiger partial charge in [-0.1, -0.05) is 54.6 Å². The second-order valence-electron chi connectivity index (χ2n) is 10.4. The van der Waals surface area contributed by atoms with Gasteiger partial charge in [0.05, 0.1) is 18.8 Å². The van der Waals surface area contributed by atoms with E-state index in [1.165, 1.54) is 40.1 Å². The fourth-order valence-corrected chi connectivity index (χ4v) is 5.43. The molecule has 1 aromatic heterocycles. The zero-order chi connectivity index (χ0) is 30.5. The lowest BCUT2D eigenvalue weighted by Gasteiger charge is -2.51. The van der Waals surface area contributed by atoms with Crippen LogP contribution in [0.15, 0.2) is 85.5 Å². The van der Waals surface area contributed by atoms with Gasteiger partial charge in [0.2, 0.25) is 17.7 Å². The number of carbonyl (C=O) groups is 4. The summed E-state index contributed by atoms with van der Waals surface area (Å²) in [5.74, 6) is -2.51. The molecule has 222 valence electrons. The van der Waals surface area contributed by atoms with Gasteiger partial charge in [0.25, 0.3) is 0 Å². The molecule has 0 bridgehead atoms. The molecule has 0 radical (unpaired) electrons. The van der Waals surface area contributed by atoms with Crippen molar-refractivity contribution in [3.05, 3.63) is 108 Å². The molecular weight excluding hydrogens is 552 g/mol. The molecule has 0 spiro atoms. The summed E-state index contributed by atoms with van der Waals surface area (Å²) < 4.78 is 0. The number of piperazine rings is 1. The van der Waals surface area contributed by atoms with Gasteiger partial charge in [-0.3, -0.25) is 14.4 Å². The first kappa shape index (κ1) is 29.4. The molecule has 2 aromatic carbocycles. The summed E-state index contributed by atoms with van der Waals surface area (Å²) in [6.07, 6.45) is 1.09. The van der Waals surface area contributed by atoms with Gasteiger partial charge in [0.1, 0.15) is 23.7 Å². The molecule has 4 N–H and O–H groups in total. The molecule has 3 heterocycles. The predicted molar refractivity (Wildman–Crippen MR) is 155 cm³/mol. The monoisotopic (exact) mass is 584 g/mol. The smallest absolute Gasteiger partial charge is 0.354 e.